The summed E-state index contributed by atoms with van der Waals surface area (Å²) in [4.78, 5) is 14.9. The number of amides is 1. The summed E-state index contributed by atoms with van der Waals surface area (Å²) < 4.78 is 0.926. The first kappa shape index (κ1) is 9.15. The minimum absolute atomic E-state index is 0.256. The highest BCUT2D eigenvalue weighted by Crippen LogP contribution is 2.21. The normalized spacial score (nSPS) is 10.4. The Kier molecular flexibility index (Phi) is 2.21. The quantitative estimate of drug-likeness (QED) is 0.840. The topological polar surface area (TPSA) is 56.0 Å². The third kappa shape index (κ3) is 1.48. The van der Waals surface area contributed by atoms with E-state index in [9.17, 15) is 4.79 Å². The van der Waals surface area contributed by atoms with E-state index >= 15 is 0 Å². The van der Waals surface area contributed by atoms with E-state index in [1.165, 1.54) is 0 Å². The van der Waals surface area contributed by atoms with Crippen LogP contribution in [0.15, 0.2) is 28.7 Å². The summed E-state index contributed by atoms with van der Waals surface area (Å²) in [5, 5.41) is 0.914. The van der Waals surface area contributed by atoms with Gasteiger partial charge in [0, 0.05) is 15.9 Å². The first-order valence-electron chi connectivity index (χ1n) is 3.95. The van der Waals surface area contributed by atoms with Crippen molar-refractivity contribution in [2.45, 2.75) is 0 Å². The summed E-state index contributed by atoms with van der Waals surface area (Å²) in [6.07, 6.45) is 0. The van der Waals surface area contributed by atoms with E-state index in [1.54, 1.807) is 18.2 Å². The van der Waals surface area contributed by atoms with E-state index in [-0.39, 0.29) is 5.69 Å². The fourth-order valence-corrected chi connectivity index (χ4v) is 1.63. The highest BCUT2D eigenvalue weighted by Gasteiger charge is 2.04. The van der Waals surface area contributed by atoms with E-state index in [4.69, 9.17) is 5.73 Å². The Labute approximate surface area is 89.1 Å². The Bertz CT molecular complexity index is 510. The summed E-state index contributed by atoms with van der Waals surface area (Å²) in [6, 6.07) is 9.94. The molecule has 0 aliphatic carbocycles. The van der Waals surface area contributed by atoms with E-state index < -0.39 is 5.91 Å². The van der Waals surface area contributed by atoms with Crippen molar-refractivity contribution in [2.75, 3.05) is 0 Å². The first-order chi connectivity index (χ1) is 6.68. The molecule has 0 saturated carbocycles. The molecule has 0 saturated heterocycles. The maximum atomic E-state index is 10.9. The second kappa shape index (κ2) is 3.38. The number of benzene rings is 1. The van der Waals surface area contributed by atoms with Gasteiger partial charge in [0.25, 0.3) is 5.91 Å². The molecule has 0 spiro atoms. The minimum atomic E-state index is -0.528. The number of nitrogens with zero attached hydrogens (tertiary/aromatic N) is 1. The Hall–Kier alpha value is -1.42. The average Bonchev–Trinajstić information content (AvgIpc) is 2.17. The molecule has 69 valence electrons. The van der Waals surface area contributed by atoms with E-state index in [0.717, 1.165) is 9.86 Å². The molecule has 0 bridgehead atoms. The second-order valence-electron chi connectivity index (χ2n) is 2.78. The van der Waals surface area contributed by atoms with Crippen molar-refractivity contribution in [1.82, 2.24) is 4.98 Å². The molecule has 1 aromatic carbocycles. The van der Waals surface area contributed by atoms with Crippen LogP contribution in [0, 0.1) is 6.07 Å². The molecule has 1 aromatic heterocycles. The molecule has 0 aliphatic rings. The third-order valence-electron chi connectivity index (χ3n) is 1.85. The van der Waals surface area contributed by atoms with Gasteiger partial charge in [-0.15, -0.1) is 0 Å². The van der Waals surface area contributed by atoms with Crippen LogP contribution in [0.2, 0.25) is 0 Å². The van der Waals surface area contributed by atoms with E-state index in [0.29, 0.717) is 5.52 Å². The van der Waals surface area contributed by atoms with E-state index in [2.05, 4.69) is 27.0 Å². The summed E-state index contributed by atoms with van der Waals surface area (Å²) in [5.41, 5.74) is 6.01. The molecular formula is C10H6BrN2O. The number of nitrogens with two attached hydrogens (primary N) is 1. The third-order valence-corrected chi connectivity index (χ3v) is 2.55. The van der Waals surface area contributed by atoms with Crippen molar-refractivity contribution in [3.63, 3.8) is 0 Å². The van der Waals surface area contributed by atoms with Crippen molar-refractivity contribution < 1.29 is 4.79 Å². The summed E-state index contributed by atoms with van der Waals surface area (Å²) in [6.45, 7) is 0. The zero-order chi connectivity index (χ0) is 10.1. The molecule has 2 rings (SSSR count). The molecule has 0 fully saturated rings. The predicted octanol–water partition coefficient (Wildman–Crippen LogP) is 1.90. The van der Waals surface area contributed by atoms with Crippen LogP contribution in [0.1, 0.15) is 10.5 Å². The monoisotopic (exact) mass is 249 g/mol. The Balaban J connectivity index is 2.73. The number of pyridine rings is 1. The van der Waals surface area contributed by atoms with Gasteiger partial charge in [-0.1, -0.05) is 22.0 Å². The number of hydrogen-bond donors (Lipinski definition) is 1. The van der Waals surface area contributed by atoms with Gasteiger partial charge in [-0.3, -0.25) is 4.79 Å². The Morgan fingerprint density at radius 2 is 2.21 bits per heavy atom. The number of halogens is 1. The van der Waals surface area contributed by atoms with Crippen molar-refractivity contribution in [2.24, 2.45) is 5.73 Å². The number of fused-ring (bicyclic) bond motifs is 1. The van der Waals surface area contributed by atoms with Crippen molar-refractivity contribution >= 4 is 32.7 Å². The standard InChI is InChI=1S/C10H6BrN2O/c11-7-2-1-3-8-6(7)4-5-9(13-8)10(12)14/h1-2,4-5H,(H2,12,14). The molecule has 4 heteroatoms. The summed E-state index contributed by atoms with van der Waals surface area (Å²) in [5.74, 6) is -0.528. The lowest BCUT2D eigenvalue weighted by Gasteiger charge is -2.00. The predicted molar refractivity (Wildman–Crippen MR) is 56.8 cm³/mol. The first-order valence-corrected chi connectivity index (χ1v) is 4.74. The number of primary amides is 1. The van der Waals surface area contributed by atoms with Crippen LogP contribution in [0.3, 0.4) is 0 Å². The molecule has 3 nitrogen and oxygen atoms in total. The fraction of sp³-hybridized carbons (Fsp3) is 0. The summed E-state index contributed by atoms with van der Waals surface area (Å²) >= 11 is 3.38. The zero-order valence-corrected chi connectivity index (χ0v) is 8.71. The fourth-order valence-electron chi connectivity index (χ4n) is 1.18. The van der Waals surface area contributed by atoms with Gasteiger partial charge in [-0.2, -0.15) is 0 Å². The summed E-state index contributed by atoms with van der Waals surface area (Å²) in [7, 11) is 0. The lowest BCUT2D eigenvalue weighted by atomic mass is 10.2. The number of carbonyl (C=O) groups excluding carboxylic acids is 1. The lowest BCUT2D eigenvalue weighted by Crippen LogP contribution is -2.12. The van der Waals surface area contributed by atoms with Crippen LogP contribution in [-0.2, 0) is 0 Å². The minimum Gasteiger partial charge on any atom is -0.364 e. The van der Waals surface area contributed by atoms with E-state index in [1.807, 2.05) is 6.07 Å². The van der Waals surface area contributed by atoms with Crippen LogP contribution < -0.4 is 5.73 Å². The molecule has 1 heterocycles. The van der Waals surface area contributed by atoms with Gasteiger partial charge >= 0.3 is 0 Å². The zero-order valence-electron chi connectivity index (χ0n) is 7.12. The van der Waals surface area contributed by atoms with Gasteiger partial charge < -0.3 is 5.73 Å². The maximum Gasteiger partial charge on any atom is 0.267 e. The molecule has 1 radical (unpaired) electrons. The maximum absolute atomic E-state index is 10.9. The van der Waals surface area contributed by atoms with Gasteiger partial charge in [0.15, 0.2) is 0 Å². The number of carbonyl (C=O) groups is 1. The molecule has 14 heavy (non-hydrogen) atoms. The average molecular weight is 250 g/mol. The van der Waals surface area contributed by atoms with Crippen LogP contribution in [0.5, 0.6) is 0 Å². The molecule has 2 aromatic rings. The molecule has 2 N–H and O–H groups in total. The van der Waals surface area contributed by atoms with Crippen LogP contribution in [-0.4, -0.2) is 10.9 Å². The molecule has 0 atom stereocenters. The van der Waals surface area contributed by atoms with Gasteiger partial charge in [-0.25, -0.2) is 4.98 Å². The molecule has 0 unspecified atom stereocenters. The van der Waals surface area contributed by atoms with Crippen molar-refractivity contribution in [1.29, 1.82) is 0 Å². The molecular weight excluding hydrogens is 244 g/mol. The largest absolute Gasteiger partial charge is 0.364 e. The van der Waals surface area contributed by atoms with Gasteiger partial charge in [0.1, 0.15) is 5.69 Å². The Morgan fingerprint density at radius 3 is 2.93 bits per heavy atom. The van der Waals surface area contributed by atoms with Crippen LogP contribution in [0.4, 0.5) is 0 Å². The highest BCUT2D eigenvalue weighted by molar-refractivity contribution is 9.10. The SMILES string of the molecule is NC(=O)c1ccc2c(Br)cc[c]c2n1. The Morgan fingerprint density at radius 1 is 1.43 bits per heavy atom. The lowest BCUT2D eigenvalue weighted by molar-refractivity contribution is 0.0996. The van der Waals surface area contributed by atoms with Gasteiger partial charge in [0.05, 0.1) is 5.52 Å². The van der Waals surface area contributed by atoms with Crippen LogP contribution >= 0.6 is 15.9 Å². The number of hydrogen-bond acceptors (Lipinski definition) is 2. The van der Waals surface area contributed by atoms with Crippen molar-refractivity contribution in [3.05, 3.63) is 40.5 Å². The second-order valence-corrected chi connectivity index (χ2v) is 3.64. The van der Waals surface area contributed by atoms with Gasteiger partial charge in [-0.05, 0) is 18.2 Å². The highest BCUT2D eigenvalue weighted by atomic mass is 79.9. The number of aromatic nitrogens is 1. The van der Waals surface area contributed by atoms with Gasteiger partial charge in [0.2, 0.25) is 0 Å². The molecule has 1 amide bonds. The molecule has 0 aliphatic heterocycles. The smallest absolute Gasteiger partial charge is 0.267 e. The number of rotatable bonds is 1. The van der Waals surface area contributed by atoms with Crippen molar-refractivity contribution in [3.8, 4) is 0 Å². The van der Waals surface area contributed by atoms with Crippen LogP contribution in [0.25, 0.3) is 10.9 Å².